The molecule has 0 saturated heterocycles. The van der Waals surface area contributed by atoms with E-state index in [0.29, 0.717) is 29.4 Å². The molecule has 8 heteroatoms. The minimum absolute atomic E-state index is 0.131. The predicted molar refractivity (Wildman–Crippen MR) is 137 cm³/mol. The number of hydrogen-bond acceptors (Lipinski definition) is 4. The Morgan fingerprint density at radius 1 is 0.971 bits per heavy atom. The summed E-state index contributed by atoms with van der Waals surface area (Å²) in [4.78, 5) is 12.5. The van der Waals surface area contributed by atoms with Gasteiger partial charge < -0.3 is 10.1 Å². The van der Waals surface area contributed by atoms with Crippen molar-refractivity contribution in [3.63, 3.8) is 0 Å². The van der Waals surface area contributed by atoms with Crippen molar-refractivity contribution in [2.45, 2.75) is 27.3 Å². The zero-order valence-electron chi connectivity index (χ0n) is 19.8. The number of hydrogen-bond donors (Lipinski definition) is 1. The number of anilines is 1. The summed E-state index contributed by atoms with van der Waals surface area (Å²) >= 11 is 6.10. The van der Waals surface area contributed by atoms with Gasteiger partial charge in [-0.25, -0.2) is 8.42 Å². The van der Waals surface area contributed by atoms with Crippen LogP contribution in [0.2, 0.25) is 5.02 Å². The van der Waals surface area contributed by atoms with Crippen LogP contribution in [-0.2, 0) is 16.6 Å². The van der Waals surface area contributed by atoms with Crippen molar-refractivity contribution in [2.24, 2.45) is 0 Å². The molecule has 0 aromatic heterocycles. The lowest BCUT2D eigenvalue weighted by Gasteiger charge is -2.24. The molecule has 0 heterocycles. The summed E-state index contributed by atoms with van der Waals surface area (Å²) in [5.74, 6) is 0.580. The topological polar surface area (TPSA) is 75.7 Å². The van der Waals surface area contributed by atoms with Gasteiger partial charge in [0.25, 0.3) is 5.91 Å². The second kappa shape index (κ2) is 10.9. The molecule has 0 bridgehead atoms. The van der Waals surface area contributed by atoms with Crippen LogP contribution in [0.15, 0.2) is 60.7 Å². The molecule has 0 fully saturated rings. The van der Waals surface area contributed by atoms with E-state index >= 15 is 0 Å². The van der Waals surface area contributed by atoms with Gasteiger partial charge in [0, 0.05) is 10.6 Å². The standard InChI is InChI=1S/C26H29ClN2O4S/c1-18-5-12-25(20(3)15-18)33-14-13-28-26(30)22-9-7-21(8-10-22)17-29(34(4,31)32)24-16-23(27)11-6-19(24)2/h5-12,15-16H,13-14,17H2,1-4H3,(H,28,30). The van der Waals surface area contributed by atoms with Gasteiger partial charge in [0.2, 0.25) is 10.0 Å². The molecule has 0 spiro atoms. The molecule has 0 aliphatic carbocycles. The molecule has 0 saturated carbocycles. The van der Waals surface area contributed by atoms with E-state index in [1.54, 1.807) is 42.5 Å². The third-order valence-corrected chi connectivity index (χ3v) is 6.72. The highest BCUT2D eigenvalue weighted by molar-refractivity contribution is 7.92. The Morgan fingerprint density at radius 2 is 1.68 bits per heavy atom. The molecule has 3 rings (SSSR count). The Hall–Kier alpha value is -3.03. The molecule has 0 unspecified atom stereocenters. The van der Waals surface area contributed by atoms with Crippen LogP contribution in [0.1, 0.15) is 32.6 Å². The van der Waals surface area contributed by atoms with Crippen LogP contribution in [0.25, 0.3) is 0 Å². The summed E-state index contributed by atoms with van der Waals surface area (Å²) in [7, 11) is -3.54. The third kappa shape index (κ3) is 6.74. The molecular weight excluding hydrogens is 472 g/mol. The first-order chi connectivity index (χ1) is 16.0. The van der Waals surface area contributed by atoms with Gasteiger partial charge in [0.05, 0.1) is 25.0 Å². The fraction of sp³-hybridized carbons (Fsp3) is 0.269. The summed E-state index contributed by atoms with van der Waals surface area (Å²) in [6.45, 7) is 6.70. The van der Waals surface area contributed by atoms with Crippen LogP contribution in [0.3, 0.4) is 0 Å². The highest BCUT2D eigenvalue weighted by atomic mass is 35.5. The Balaban J connectivity index is 1.60. The van der Waals surface area contributed by atoms with Gasteiger partial charge in [-0.2, -0.15) is 0 Å². The average molecular weight is 501 g/mol. The van der Waals surface area contributed by atoms with Gasteiger partial charge in [-0.1, -0.05) is 47.5 Å². The van der Waals surface area contributed by atoms with E-state index in [2.05, 4.69) is 5.32 Å². The number of aryl methyl sites for hydroxylation is 3. The number of carbonyl (C=O) groups excluding carboxylic acids is 1. The molecule has 180 valence electrons. The van der Waals surface area contributed by atoms with E-state index in [-0.39, 0.29) is 12.5 Å². The highest BCUT2D eigenvalue weighted by Gasteiger charge is 2.20. The maximum atomic E-state index is 12.5. The summed E-state index contributed by atoms with van der Waals surface area (Å²) in [5, 5.41) is 3.30. The van der Waals surface area contributed by atoms with Crippen molar-refractivity contribution in [3.8, 4) is 5.75 Å². The maximum Gasteiger partial charge on any atom is 0.251 e. The minimum atomic E-state index is -3.54. The number of ether oxygens (including phenoxy) is 1. The first kappa shape index (κ1) is 25.6. The zero-order valence-corrected chi connectivity index (χ0v) is 21.3. The first-order valence-corrected chi connectivity index (χ1v) is 13.1. The molecule has 0 aliphatic rings. The smallest absolute Gasteiger partial charge is 0.251 e. The van der Waals surface area contributed by atoms with Gasteiger partial charge >= 0.3 is 0 Å². The fourth-order valence-corrected chi connectivity index (χ4v) is 4.65. The third-order valence-electron chi connectivity index (χ3n) is 5.36. The number of rotatable bonds is 9. The van der Waals surface area contributed by atoms with Crippen LogP contribution < -0.4 is 14.4 Å². The van der Waals surface area contributed by atoms with Crippen molar-refractivity contribution in [3.05, 3.63) is 93.5 Å². The molecule has 0 aliphatic heterocycles. The number of carbonyl (C=O) groups is 1. The molecule has 0 atom stereocenters. The SMILES string of the molecule is Cc1ccc(OCCNC(=O)c2ccc(CN(c3cc(Cl)ccc3C)S(C)(=O)=O)cc2)c(C)c1. The number of nitrogens with one attached hydrogen (secondary N) is 1. The van der Waals surface area contributed by atoms with Crippen LogP contribution in [-0.4, -0.2) is 33.7 Å². The molecular formula is C26H29ClN2O4S. The van der Waals surface area contributed by atoms with Crippen LogP contribution in [0.5, 0.6) is 5.75 Å². The Kier molecular flexibility index (Phi) is 8.23. The zero-order chi connectivity index (χ0) is 24.9. The summed E-state index contributed by atoms with van der Waals surface area (Å²) in [6, 6.07) is 18.0. The van der Waals surface area contributed by atoms with Crippen molar-refractivity contribution in [1.82, 2.24) is 5.32 Å². The van der Waals surface area contributed by atoms with Crippen LogP contribution in [0.4, 0.5) is 5.69 Å². The first-order valence-electron chi connectivity index (χ1n) is 10.9. The van der Waals surface area contributed by atoms with Gasteiger partial charge in [0.1, 0.15) is 12.4 Å². The Labute approximate surface area is 206 Å². The molecule has 3 aromatic carbocycles. The second-order valence-corrected chi connectivity index (χ2v) is 10.6. The van der Waals surface area contributed by atoms with Crippen molar-refractivity contribution in [2.75, 3.05) is 23.7 Å². The van der Waals surface area contributed by atoms with Crippen molar-refractivity contribution in [1.29, 1.82) is 0 Å². The quantitative estimate of drug-likeness (QED) is 0.417. The van der Waals surface area contributed by atoms with Crippen LogP contribution >= 0.6 is 11.6 Å². The maximum absolute atomic E-state index is 12.5. The Bertz CT molecular complexity index is 1270. The molecule has 6 nitrogen and oxygen atoms in total. The van der Waals surface area contributed by atoms with E-state index < -0.39 is 10.0 Å². The van der Waals surface area contributed by atoms with E-state index in [1.165, 1.54) is 9.87 Å². The summed E-state index contributed by atoms with van der Waals surface area (Å²) < 4.78 is 32.0. The monoisotopic (exact) mass is 500 g/mol. The van der Waals surface area contributed by atoms with E-state index in [9.17, 15) is 13.2 Å². The Morgan fingerprint density at radius 3 is 2.32 bits per heavy atom. The summed E-state index contributed by atoms with van der Waals surface area (Å²) in [6.07, 6.45) is 1.16. The number of amides is 1. The molecule has 0 radical (unpaired) electrons. The lowest BCUT2D eigenvalue weighted by atomic mass is 10.1. The molecule has 3 aromatic rings. The lowest BCUT2D eigenvalue weighted by molar-refractivity contribution is 0.0947. The van der Waals surface area contributed by atoms with E-state index in [4.69, 9.17) is 16.3 Å². The fourth-order valence-electron chi connectivity index (χ4n) is 3.55. The second-order valence-electron chi connectivity index (χ2n) is 8.27. The lowest BCUT2D eigenvalue weighted by Crippen LogP contribution is -2.30. The van der Waals surface area contributed by atoms with Crippen molar-refractivity contribution >= 4 is 33.2 Å². The minimum Gasteiger partial charge on any atom is -0.491 e. The van der Waals surface area contributed by atoms with E-state index in [0.717, 1.165) is 28.7 Å². The average Bonchev–Trinajstić information content (AvgIpc) is 2.77. The van der Waals surface area contributed by atoms with Gasteiger partial charge in [-0.3, -0.25) is 9.10 Å². The molecule has 1 N–H and O–H groups in total. The van der Waals surface area contributed by atoms with Crippen molar-refractivity contribution < 1.29 is 17.9 Å². The van der Waals surface area contributed by atoms with E-state index in [1.807, 2.05) is 39.0 Å². The number of halogens is 1. The highest BCUT2D eigenvalue weighted by Crippen LogP contribution is 2.28. The number of nitrogens with zero attached hydrogens (tertiary/aromatic N) is 1. The number of sulfonamides is 1. The largest absolute Gasteiger partial charge is 0.491 e. The molecule has 34 heavy (non-hydrogen) atoms. The normalized spacial score (nSPS) is 11.2. The van der Waals surface area contributed by atoms with Gasteiger partial charge in [-0.05, 0) is 67.8 Å². The molecule has 1 amide bonds. The van der Waals surface area contributed by atoms with Gasteiger partial charge in [-0.15, -0.1) is 0 Å². The number of benzene rings is 3. The predicted octanol–water partition coefficient (Wildman–Crippen LogP) is 5.04. The van der Waals surface area contributed by atoms with Gasteiger partial charge in [0.15, 0.2) is 0 Å². The summed E-state index contributed by atoms with van der Waals surface area (Å²) in [5.41, 5.74) is 4.79. The van der Waals surface area contributed by atoms with Crippen LogP contribution in [0, 0.1) is 20.8 Å².